The Kier molecular flexibility index (Phi) is 5.60. The number of rotatable bonds is 6. The zero-order valence-electron chi connectivity index (χ0n) is 14.1. The summed E-state index contributed by atoms with van der Waals surface area (Å²) < 4.78 is 0. The number of benzene rings is 3. The van der Waals surface area contributed by atoms with E-state index in [1.807, 2.05) is 84.9 Å². The highest BCUT2D eigenvalue weighted by Crippen LogP contribution is 2.22. The molecule has 3 nitrogen and oxygen atoms in total. The highest BCUT2D eigenvalue weighted by molar-refractivity contribution is 5.95. The van der Waals surface area contributed by atoms with Crippen LogP contribution >= 0.6 is 0 Å². The van der Waals surface area contributed by atoms with E-state index in [4.69, 9.17) is 5.73 Å². The van der Waals surface area contributed by atoms with E-state index in [0.717, 1.165) is 23.2 Å². The molecular formula is C22H22N2O. The quantitative estimate of drug-likeness (QED) is 0.710. The van der Waals surface area contributed by atoms with Crippen LogP contribution in [0.3, 0.4) is 0 Å². The number of carbonyl (C=O) groups excluding carboxylic acids is 1. The van der Waals surface area contributed by atoms with E-state index in [9.17, 15) is 4.79 Å². The van der Waals surface area contributed by atoms with Gasteiger partial charge in [-0.25, -0.2) is 0 Å². The number of nitrogens with two attached hydrogens (primary N) is 1. The van der Waals surface area contributed by atoms with Crippen LogP contribution in [0.1, 0.15) is 12.0 Å². The first-order valence-electron chi connectivity index (χ1n) is 8.48. The fourth-order valence-electron chi connectivity index (χ4n) is 2.74. The lowest BCUT2D eigenvalue weighted by Crippen LogP contribution is -2.36. The van der Waals surface area contributed by atoms with Gasteiger partial charge in [0.05, 0.1) is 6.04 Å². The predicted octanol–water partition coefficient (Wildman–Crippen LogP) is 4.25. The molecule has 3 heteroatoms. The van der Waals surface area contributed by atoms with Gasteiger partial charge in [-0.15, -0.1) is 0 Å². The molecule has 1 amide bonds. The van der Waals surface area contributed by atoms with Crippen molar-refractivity contribution in [3.8, 4) is 11.1 Å². The third-order valence-corrected chi connectivity index (χ3v) is 4.16. The van der Waals surface area contributed by atoms with E-state index in [-0.39, 0.29) is 5.91 Å². The summed E-state index contributed by atoms with van der Waals surface area (Å²) in [4.78, 5) is 12.3. The van der Waals surface area contributed by atoms with E-state index >= 15 is 0 Å². The lowest BCUT2D eigenvalue weighted by atomic mass is 10.0. The largest absolute Gasteiger partial charge is 0.325 e. The fraction of sp³-hybridized carbons (Fsp3) is 0.136. The summed E-state index contributed by atoms with van der Waals surface area (Å²) in [5, 5.41) is 2.92. The van der Waals surface area contributed by atoms with Crippen molar-refractivity contribution in [3.63, 3.8) is 0 Å². The lowest BCUT2D eigenvalue weighted by molar-refractivity contribution is -0.117. The second-order valence-electron chi connectivity index (χ2n) is 6.07. The number of hydrogen-bond acceptors (Lipinski definition) is 2. The third kappa shape index (κ3) is 4.78. The highest BCUT2D eigenvalue weighted by Gasteiger charge is 2.13. The molecule has 0 radical (unpaired) electrons. The molecule has 0 saturated carbocycles. The maximum Gasteiger partial charge on any atom is 0.241 e. The summed E-state index contributed by atoms with van der Waals surface area (Å²) in [5.74, 6) is -0.152. The normalized spacial score (nSPS) is 11.7. The Morgan fingerprint density at radius 1 is 0.840 bits per heavy atom. The standard InChI is InChI=1S/C22H22N2O/c23-21(15-14-17-8-3-1-4-9-17)22(25)24-20-13-7-12-19(16-20)18-10-5-2-6-11-18/h1-13,16,21H,14-15,23H2,(H,24,25)/t21-/m1/s1. The van der Waals surface area contributed by atoms with Gasteiger partial charge in [0, 0.05) is 5.69 Å². The summed E-state index contributed by atoms with van der Waals surface area (Å²) in [6.45, 7) is 0. The molecule has 0 aromatic heterocycles. The van der Waals surface area contributed by atoms with Crippen molar-refractivity contribution in [2.75, 3.05) is 5.32 Å². The molecule has 0 spiro atoms. The van der Waals surface area contributed by atoms with Gasteiger partial charge in [0.15, 0.2) is 0 Å². The zero-order chi connectivity index (χ0) is 17.5. The third-order valence-electron chi connectivity index (χ3n) is 4.16. The minimum absolute atomic E-state index is 0.152. The maximum atomic E-state index is 12.3. The van der Waals surface area contributed by atoms with Crippen LogP contribution in [0.2, 0.25) is 0 Å². The lowest BCUT2D eigenvalue weighted by Gasteiger charge is -2.13. The second kappa shape index (κ2) is 8.27. The van der Waals surface area contributed by atoms with Gasteiger partial charge in [-0.2, -0.15) is 0 Å². The zero-order valence-corrected chi connectivity index (χ0v) is 14.1. The Labute approximate surface area is 148 Å². The first-order valence-corrected chi connectivity index (χ1v) is 8.48. The van der Waals surface area contributed by atoms with Crippen molar-refractivity contribution in [2.45, 2.75) is 18.9 Å². The van der Waals surface area contributed by atoms with Crippen molar-refractivity contribution in [2.24, 2.45) is 5.73 Å². The van der Waals surface area contributed by atoms with Gasteiger partial charge >= 0.3 is 0 Å². The maximum absolute atomic E-state index is 12.3. The molecule has 3 rings (SSSR count). The molecule has 3 aromatic carbocycles. The van der Waals surface area contributed by atoms with Crippen LogP contribution in [-0.2, 0) is 11.2 Å². The average Bonchev–Trinajstić information content (AvgIpc) is 2.68. The van der Waals surface area contributed by atoms with Gasteiger partial charge in [-0.05, 0) is 41.7 Å². The van der Waals surface area contributed by atoms with Gasteiger partial charge in [-0.1, -0.05) is 72.8 Å². The Balaban J connectivity index is 1.61. The van der Waals surface area contributed by atoms with Gasteiger partial charge < -0.3 is 11.1 Å². The molecule has 3 N–H and O–H groups in total. The van der Waals surface area contributed by atoms with Crippen LogP contribution in [0.4, 0.5) is 5.69 Å². The van der Waals surface area contributed by atoms with Crippen LogP contribution in [0.25, 0.3) is 11.1 Å². The SMILES string of the molecule is N[C@H](CCc1ccccc1)C(=O)Nc1cccc(-c2ccccc2)c1. The van der Waals surface area contributed by atoms with Crippen LogP contribution in [0, 0.1) is 0 Å². The Morgan fingerprint density at radius 2 is 1.48 bits per heavy atom. The first-order chi connectivity index (χ1) is 12.2. The minimum atomic E-state index is -0.527. The summed E-state index contributed by atoms with van der Waals surface area (Å²) in [6, 6.07) is 27.4. The van der Waals surface area contributed by atoms with Crippen LogP contribution in [0.5, 0.6) is 0 Å². The van der Waals surface area contributed by atoms with E-state index in [2.05, 4.69) is 5.32 Å². The fourth-order valence-corrected chi connectivity index (χ4v) is 2.74. The number of aryl methyl sites for hydroxylation is 1. The van der Waals surface area contributed by atoms with Crippen molar-refractivity contribution in [1.29, 1.82) is 0 Å². The van der Waals surface area contributed by atoms with Crippen LogP contribution in [0.15, 0.2) is 84.9 Å². The van der Waals surface area contributed by atoms with E-state index in [0.29, 0.717) is 6.42 Å². The average molecular weight is 330 g/mol. The number of amides is 1. The van der Waals surface area contributed by atoms with Crippen molar-refractivity contribution < 1.29 is 4.79 Å². The topological polar surface area (TPSA) is 55.1 Å². The molecule has 3 aromatic rings. The van der Waals surface area contributed by atoms with Gasteiger partial charge in [0.1, 0.15) is 0 Å². The first kappa shape index (κ1) is 16.9. The molecule has 0 fully saturated rings. The van der Waals surface area contributed by atoms with Crippen LogP contribution in [-0.4, -0.2) is 11.9 Å². The molecule has 0 saturated heterocycles. The van der Waals surface area contributed by atoms with Crippen molar-refractivity contribution >= 4 is 11.6 Å². The summed E-state index contributed by atoms with van der Waals surface area (Å²) >= 11 is 0. The Morgan fingerprint density at radius 3 is 2.20 bits per heavy atom. The van der Waals surface area contributed by atoms with Gasteiger partial charge in [0.2, 0.25) is 5.91 Å². The predicted molar refractivity (Wildman–Crippen MR) is 103 cm³/mol. The Bertz CT molecular complexity index is 816. The summed E-state index contributed by atoms with van der Waals surface area (Å²) in [7, 11) is 0. The molecule has 0 bridgehead atoms. The molecule has 0 unspecified atom stereocenters. The summed E-state index contributed by atoms with van der Waals surface area (Å²) in [5.41, 5.74) is 10.2. The monoisotopic (exact) mass is 330 g/mol. The van der Waals surface area contributed by atoms with Gasteiger partial charge in [-0.3, -0.25) is 4.79 Å². The Hall–Kier alpha value is -2.91. The molecule has 0 aliphatic carbocycles. The number of anilines is 1. The minimum Gasteiger partial charge on any atom is -0.325 e. The number of carbonyl (C=O) groups is 1. The van der Waals surface area contributed by atoms with E-state index in [1.165, 1.54) is 5.56 Å². The highest BCUT2D eigenvalue weighted by atomic mass is 16.2. The molecule has 0 aliphatic rings. The second-order valence-corrected chi connectivity index (χ2v) is 6.07. The van der Waals surface area contributed by atoms with Crippen molar-refractivity contribution in [3.05, 3.63) is 90.5 Å². The van der Waals surface area contributed by atoms with Crippen molar-refractivity contribution in [1.82, 2.24) is 0 Å². The van der Waals surface area contributed by atoms with Gasteiger partial charge in [0.25, 0.3) is 0 Å². The molecule has 126 valence electrons. The molecule has 0 aliphatic heterocycles. The molecule has 1 atom stereocenters. The number of hydrogen-bond donors (Lipinski definition) is 2. The molecular weight excluding hydrogens is 308 g/mol. The molecule has 0 heterocycles. The van der Waals surface area contributed by atoms with Crippen LogP contribution < -0.4 is 11.1 Å². The molecule has 25 heavy (non-hydrogen) atoms. The number of nitrogens with one attached hydrogen (secondary N) is 1. The smallest absolute Gasteiger partial charge is 0.241 e. The summed E-state index contributed by atoms with van der Waals surface area (Å²) in [6.07, 6.45) is 1.41. The van der Waals surface area contributed by atoms with E-state index in [1.54, 1.807) is 0 Å². The van der Waals surface area contributed by atoms with E-state index < -0.39 is 6.04 Å².